The van der Waals surface area contributed by atoms with Gasteiger partial charge in [-0.1, -0.05) is 18.2 Å². The molecule has 0 fully saturated rings. The molecule has 3 rings (SSSR count). The topological polar surface area (TPSA) is 93.0 Å². The molecule has 0 radical (unpaired) electrons. The molecule has 28 heavy (non-hydrogen) atoms. The highest BCUT2D eigenvalue weighted by Gasteiger charge is 2.31. The zero-order valence-corrected chi connectivity index (χ0v) is 15.9. The van der Waals surface area contributed by atoms with E-state index in [4.69, 9.17) is 4.74 Å². The molecule has 1 aliphatic rings. The van der Waals surface area contributed by atoms with Crippen LogP contribution in [0.15, 0.2) is 42.5 Å². The number of para-hydroxylation sites is 1. The first-order valence-corrected chi connectivity index (χ1v) is 8.82. The number of carbonyl (C=O) groups is 2. The van der Waals surface area contributed by atoms with E-state index in [9.17, 15) is 19.7 Å². The number of ether oxygens (including phenoxy) is 1. The Labute approximate surface area is 162 Å². The summed E-state index contributed by atoms with van der Waals surface area (Å²) in [6.07, 6.45) is 0.742. The number of benzene rings is 2. The van der Waals surface area contributed by atoms with Crippen LogP contribution in [0, 0.1) is 10.1 Å². The minimum absolute atomic E-state index is 0.0289. The van der Waals surface area contributed by atoms with Crippen LogP contribution in [0.2, 0.25) is 0 Å². The zero-order chi connectivity index (χ0) is 20.4. The lowest BCUT2D eigenvalue weighted by atomic mass is 10.1. The highest BCUT2D eigenvalue weighted by atomic mass is 16.6. The van der Waals surface area contributed by atoms with Crippen molar-refractivity contribution < 1.29 is 19.2 Å². The van der Waals surface area contributed by atoms with Crippen molar-refractivity contribution in [2.75, 3.05) is 30.5 Å². The molecule has 8 heteroatoms. The highest BCUT2D eigenvalue weighted by molar-refractivity contribution is 6.01. The normalized spacial score (nSPS) is 15.1. The number of esters is 1. The number of rotatable bonds is 5. The lowest BCUT2D eigenvalue weighted by molar-refractivity contribution is -0.384. The molecule has 8 nitrogen and oxygen atoms in total. The quantitative estimate of drug-likeness (QED) is 0.448. The fourth-order valence-electron chi connectivity index (χ4n) is 3.41. The van der Waals surface area contributed by atoms with Gasteiger partial charge in [-0.2, -0.15) is 0 Å². The fraction of sp³-hybridized carbons (Fsp3) is 0.300. The maximum Gasteiger partial charge on any atom is 0.341 e. The van der Waals surface area contributed by atoms with Gasteiger partial charge in [0.2, 0.25) is 0 Å². The minimum Gasteiger partial charge on any atom is -0.452 e. The number of amides is 1. The van der Waals surface area contributed by atoms with Gasteiger partial charge in [-0.25, -0.2) is 4.79 Å². The van der Waals surface area contributed by atoms with Gasteiger partial charge < -0.3 is 14.5 Å². The van der Waals surface area contributed by atoms with E-state index in [1.807, 2.05) is 31.2 Å². The molecule has 2 aromatic carbocycles. The van der Waals surface area contributed by atoms with E-state index < -0.39 is 17.5 Å². The summed E-state index contributed by atoms with van der Waals surface area (Å²) in [5.41, 5.74) is 2.19. The average Bonchev–Trinajstić information content (AvgIpc) is 3.00. The van der Waals surface area contributed by atoms with E-state index in [0.29, 0.717) is 5.69 Å². The van der Waals surface area contributed by atoms with Crippen LogP contribution in [-0.2, 0) is 16.0 Å². The molecule has 0 bridgehead atoms. The van der Waals surface area contributed by atoms with Crippen molar-refractivity contribution in [3.63, 3.8) is 0 Å². The van der Waals surface area contributed by atoms with Crippen molar-refractivity contribution in [2.24, 2.45) is 0 Å². The van der Waals surface area contributed by atoms with E-state index >= 15 is 0 Å². The SMILES string of the molecule is C[C@H]1Cc2ccccc2N1C(=O)COC(=O)c1cc([N+](=O)[O-])ccc1N(C)C. The van der Waals surface area contributed by atoms with Gasteiger partial charge in [-0.15, -0.1) is 0 Å². The average molecular weight is 383 g/mol. The van der Waals surface area contributed by atoms with Gasteiger partial charge in [0.1, 0.15) is 0 Å². The second kappa shape index (κ2) is 7.67. The van der Waals surface area contributed by atoms with Crippen molar-refractivity contribution in [3.8, 4) is 0 Å². The Hall–Kier alpha value is -3.42. The fourth-order valence-corrected chi connectivity index (χ4v) is 3.41. The maximum atomic E-state index is 12.7. The Kier molecular flexibility index (Phi) is 5.30. The molecule has 146 valence electrons. The van der Waals surface area contributed by atoms with Crippen molar-refractivity contribution in [2.45, 2.75) is 19.4 Å². The molecule has 0 aliphatic carbocycles. The van der Waals surface area contributed by atoms with Crippen LogP contribution in [0.4, 0.5) is 17.1 Å². The summed E-state index contributed by atoms with van der Waals surface area (Å²) in [6, 6.07) is 11.5. The number of fused-ring (bicyclic) bond motifs is 1. The van der Waals surface area contributed by atoms with Gasteiger partial charge in [0.05, 0.1) is 16.2 Å². The predicted molar refractivity (Wildman–Crippen MR) is 105 cm³/mol. The maximum absolute atomic E-state index is 12.7. The molecule has 0 N–H and O–H groups in total. The summed E-state index contributed by atoms with van der Waals surface area (Å²) in [5, 5.41) is 11.0. The number of hydrogen-bond donors (Lipinski definition) is 0. The molecule has 1 amide bonds. The lowest BCUT2D eigenvalue weighted by Crippen LogP contribution is -2.38. The van der Waals surface area contributed by atoms with E-state index in [-0.39, 0.29) is 23.2 Å². The number of carbonyl (C=O) groups excluding carboxylic acids is 2. The Bertz CT molecular complexity index is 941. The van der Waals surface area contributed by atoms with Gasteiger partial charge in [0.15, 0.2) is 6.61 Å². The predicted octanol–water partition coefficient (Wildman–Crippen LogP) is 2.80. The van der Waals surface area contributed by atoms with Crippen molar-refractivity contribution in [3.05, 3.63) is 63.7 Å². The van der Waals surface area contributed by atoms with Gasteiger partial charge in [-0.3, -0.25) is 14.9 Å². The Morgan fingerprint density at radius 2 is 1.96 bits per heavy atom. The lowest BCUT2D eigenvalue weighted by Gasteiger charge is -2.23. The summed E-state index contributed by atoms with van der Waals surface area (Å²) < 4.78 is 5.21. The molecule has 0 saturated heterocycles. The van der Waals surface area contributed by atoms with E-state index in [1.54, 1.807) is 23.9 Å². The van der Waals surface area contributed by atoms with Crippen LogP contribution in [0.5, 0.6) is 0 Å². The number of nitro groups is 1. The Morgan fingerprint density at radius 3 is 2.64 bits per heavy atom. The summed E-state index contributed by atoms with van der Waals surface area (Å²) in [6.45, 7) is 1.50. The second-order valence-electron chi connectivity index (χ2n) is 6.87. The van der Waals surface area contributed by atoms with Crippen molar-refractivity contribution >= 4 is 28.9 Å². The summed E-state index contributed by atoms with van der Waals surface area (Å²) in [7, 11) is 3.43. The monoisotopic (exact) mass is 383 g/mol. The molecule has 0 spiro atoms. The van der Waals surface area contributed by atoms with Crippen LogP contribution >= 0.6 is 0 Å². The van der Waals surface area contributed by atoms with Gasteiger partial charge in [-0.05, 0) is 31.0 Å². The minimum atomic E-state index is -0.777. The number of anilines is 2. The molecular weight excluding hydrogens is 362 g/mol. The summed E-state index contributed by atoms with van der Waals surface area (Å²) in [4.78, 5) is 39.0. The third kappa shape index (κ3) is 3.66. The third-order valence-electron chi connectivity index (χ3n) is 4.70. The van der Waals surface area contributed by atoms with Gasteiger partial charge >= 0.3 is 5.97 Å². The van der Waals surface area contributed by atoms with Gasteiger partial charge in [0.25, 0.3) is 11.6 Å². The summed E-state index contributed by atoms with van der Waals surface area (Å²) in [5.74, 6) is -1.11. The Balaban J connectivity index is 1.76. The number of nitrogens with zero attached hydrogens (tertiary/aromatic N) is 3. The van der Waals surface area contributed by atoms with E-state index in [2.05, 4.69) is 0 Å². The first-order valence-electron chi connectivity index (χ1n) is 8.82. The van der Waals surface area contributed by atoms with Crippen LogP contribution < -0.4 is 9.80 Å². The largest absolute Gasteiger partial charge is 0.452 e. The molecule has 1 atom stereocenters. The molecule has 1 aliphatic heterocycles. The molecule has 0 saturated carbocycles. The molecule has 0 unspecified atom stereocenters. The smallest absolute Gasteiger partial charge is 0.341 e. The molecule has 1 heterocycles. The standard InChI is InChI=1S/C20H21N3O5/c1-13-10-14-6-4-5-7-17(14)22(13)19(24)12-28-20(25)16-11-15(23(26)27)8-9-18(16)21(2)3/h4-9,11,13H,10,12H2,1-3H3/t13-/m0/s1. The highest BCUT2D eigenvalue weighted by Crippen LogP contribution is 2.32. The molecule has 0 aromatic heterocycles. The second-order valence-corrected chi connectivity index (χ2v) is 6.87. The van der Waals surface area contributed by atoms with Crippen LogP contribution in [-0.4, -0.2) is 43.5 Å². The van der Waals surface area contributed by atoms with E-state index in [0.717, 1.165) is 23.7 Å². The van der Waals surface area contributed by atoms with E-state index in [1.165, 1.54) is 12.1 Å². The Morgan fingerprint density at radius 1 is 1.25 bits per heavy atom. The zero-order valence-electron chi connectivity index (χ0n) is 15.9. The molecular formula is C20H21N3O5. The van der Waals surface area contributed by atoms with Gasteiger partial charge in [0, 0.05) is 38.0 Å². The third-order valence-corrected chi connectivity index (χ3v) is 4.70. The molecule has 2 aromatic rings. The van der Waals surface area contributed by atoms with Crippen molar-refractivity contribution in [1.29, 1.82) is 0 Å². The summed E-state index contributed by atoms with van der Waals surface area (Å²) >= 11 is 0. The first kappa shape index (κ1) is 19.3. The van der Waals surface area contributed by atoms with Crippen LogP contribution in [0.25, 0.3) is 0 Å². The number of hydrogen-bond acceptors (Lipinski definition) is 6. The van der Waals surface area contributed by atoms with Crippen LogP contribution in [0.3, 0.4) is 0 Å². The van der Waals surface area contributed by atoms with Crippen LogP contribution in [0.1, 0.15) is 22.8 Å². The number of nitro benzene ring substituents is 1. The van der Waals surface area contributed by atoms with Crippen molar-refractivity contribution in [1.82, 2.24) is 0 Å². The first-order chi connectivity index (χ1) is 13.3. The number of non-ortho nitro benzene ring substituents is 1.